The van der Waals surface area contributed by atoms with Crippen molar-refractivity contribution in [2.75, 3.05) is 0 Å². The molecule has 74 valence electrons. The number of aromatic hydroxyl groups is 1. The number of alkyl halides is 3. The first kappa shape index (κ1) is 8.86. The van der Waals surface area contributed by atoms with Crippen molar-refractivity contribution in [1.82, 2.24) is 9.38 Å². The lowest BCUT2D eigenvalue weighted by atomic mass is 10.4. The zero-order valence-electron chi connectivity index (χ0n) is 6.78. The van der Waals surface area contributed by atoms with Crippen molar-refractivity contribution < 1.29 is 18.3 Å². The van der Waals surface area contributed by atoms with E-state index in [-0.39, 0.29) is 11.4 Å². The third kappa shape index (κ3) is 1.39. The third-order valence-corrected chi connectivity index (χ3v) is 1.73. The third-order valence-electron chi connectivity index (χ3n) is 1.73. The number of rotatable bonds is 0. The number of halogens is 3. The van der Waals surface area contributed by atoms with E-state index < -0.39 is 11.9 Å². The van der Waals surface area contributed by atoms with E-state index in [1.807, 2.05) is 0 Å². The molecule has 2 heterocycles. The van der Waals surface area contributed by atoms with Crippen molar-refractivity contribution in [2.24, 2.45) is 0 Å². The highest BCUT2D eigenvalue weighted by Crippen LogP contribution is 2.28. The molecule has 0 saturated heterocycles. The Kier molecular flexibility index (Phi) is 1.67. The first-order valence-electron chi connectivity index (χ1n) is 3.72. The molecular formula is C8H5F3N2O. The van der Waals surface area contributed by atoms with Crippen LogP contribution in [0.2, 0.25) is 0 Å². The molecule has 0 spiro atoms. The van der Waals surface area contributed by atoms with Crippen molar-refractivity contribution in [3.8, 4) is 5.75 Å². The minimum Gasteiger partial charge on any atom is -0.508 e. The second-order valence-corrected chi connectivity index (χ2v) is 2.77. The summed E-state index contributed by atoms with van der Waals surface area (Å²) >= 11 is 0. The van der Waals surface area contributed by atoms with Crippen molar-refractivity contribution in [3.63, 3.8) is 0 Å². The summed E-state index contributed by atoms with van der Waals surface area (Å²) in [6, 6.07) is 2.45. The fraction of sp³-hybridized carbons (Fsp3) is 0.125. The maximum Gasteiger partial charge on any atom is 0.434 e. The lowest BCUT2D eigenvalue weighted by molar-refractivity contribution is -0.140. The molecule has 0 aromatic carbocycles. The van der Waals surface area contributed by atoms with Crippen LogP contribution in [0.3, 0.4) is 0 Å². The van der Waals surface area contributed by atoms with Crippen molar-refractivity contribution >= 4 is 5.65 Å². The van der Waals surface area contributed by atoms with Gasteiger partial charge in [-0.3, -0.25) is 0 Å². The molecule has 0 radical (unpaired) electrons. The van der Waals surface area contributed by atoms with Crippen LogP contribution in [0, 0.1) is 0 Å². The summed E-state index contributed by atoms with van der Waals surface area (Å²) in [6.45, 7) is 0. The molecule has 0 unspecified atom stereocenters. The van der Waals surface area contributed by atoms with Gasteiger partial charge in [0, 0.05) is 18.5 Å². The van der Waals surface area contributed by atoms with Gasteiger partial charge >= 0.3 is 6.18 Å². The zero-order valence-corrected chi connectivity index (χ0v) is 6.78. The number of aromatic nitrogens is 2. The minimum absolute atomic E-state index is 0.0670. The SMILES string of the molecule is Oc1ccn2cc(C(F)(F)F)nc2c1. The summed E-state index contributed by atoms with van der Waals surface area (Å²) < 4.78 is 37.8. The van der Waals surface area contributed by atoms with Gasteiger partial charge in [0.05, 0.1) is 0 Å². The summed E-state index contributed by atoms with van der Waals surface area (Å²) in [7, 11) is 0. The fourth-order valence-electron chi connectivity index (χ4n) is 1.11. The normalized spacial score (nSPS) is 12.2. The lowest BCUT2D eigenvalue weighted by Gasteiger charge is -1.98. The molecular weight excluding hydrogens is 197 g/mol. The van der Waals surface area contributed by atoms with Gasteiger partial charge in [-0.1, -0.05) is 0 Å². The van der Waals surface area contributed by atoms with Gasteiger partial charge in [-0.15, -0.1) is 0 Å². The van der Waals surface area contributed by atoms with Gasteiger partial charge in [-0.05, 0) is 6.07 Å². The smallest absolute Gasteiger partial charge is 0.434 e. The topological polar surface area (TPSA) is 37.5 Å². The van der Waals surface area contributed by atoms with Crippen LogP contribution in [0.5, 0.6) is 5.75 Å². The summed E-state index contributed by atoms with van der Waals surface area (Å²) in [5, 5.41) is 9.01. The molecule has 0 fully saturated rings. The van der Waals surface area contributed by atoms with Gasteiger partial charge in [0.15, 0.2) is 5.69 Å². The van der Waals surface area contributed by atoms with Crippen LogP contribution in [-0.4, -0.2) is 14.5 Å². The maximum absolute atomic E-state index is 12.2. The van der Waals surface area contributed by atoms with E-state index in [1.165, 1.54) is 16.7 Å². The molecule has 0 saturated carbocycles. The van der Waals surface area contributed by atoms with Crippen molar-refractivity contribution in [1.29, 1.82) is 0 Å². The van der Waals surface area contributed by atoms with E-state index in [0.717, 1.165) is 12.3 Å². The molecule has 0 aliphatic heterocycles. The zero-order chi connectivity index (χ0) is 10.3. The molecule has 0 aliphatic rings. The molecule has 0 amide bonds. The number of hydrogen-bond acceptors (Lipinski definition) is 2. The Hall–Kier alpha value is -1.72. The fourth-order valence-corrected chi connectivity index (χ4v) is 1.11. The number of nitrogens with zero attached hydrogens (tertiary/aromatic N) is 2. The predicted octanol–water partition coefficient (Wildman–Crippen LogP) is 2.06. The Morgan fingerprint density at radius 3 is 2.71 bits per heavy atom. The number of hydrogen-bond donors (Lipinski definition) is 1. The molecule has 14 heavy (non-hydrogen) atoms. The molecule has 6 heteroatoms. The monoisotopic (exact) mass is 202 g/mol. The highest BCUT2D eigenvalue weighted by Gasteiger charge is 2.33. The largest absolute Gasteiger partial charge is 0.508 e. The van der Waals surface area contributed by atoms with Gasteiger partial charge in [-0.2, -0.15) is 13.2 Å². The van der Waals surface area contributed by atoms with Crippen LogP contribution < -0.4 is 0 Å². The Morgan fingerprint density at radius 1 is 1.36 bits per heavy atom. The van der Waals surface area contributed by atoms with Crippen LogP contribution in [-0.2, 0) is 6.18 Å². The molecule has 0 bridgehead atoms. The first-order valence-corrected chi connectivity index (χ1v) is 3.72. The van der Waals surface area contributed by atoms with Crippen LogP contribution in [0.15, 0.2) is 24.5 Å². The number of pyridine rings is 1. The van der Waals surface area contributed by atoms with E-state index in [1.54, 1.807) is 0 Å². The predicted molar refractivity (Wildman–Crippen MR) is 41.9 cm³/mol. The van der Waals surface area contributed by atoms with E-state index >= 15 is 0 Å². The van der Waals surface area contributed by atoms with Gasteiger partial charge < -0.3 is 9.51 Å². The van der Waals surface area contributed by atoms with Crippen LogP contribution in [0.1, 0.15) is 5.69 Å². The summed E-state index contributed by atoms with van der Waals surface area (Å²) in [4.78, 5) is 3.32. The summed E-state index contributed by atoms with van der Waals surface area (Å²) in [5.74, 6) is -0.114. The minimum atomic E-state index is -4.46. The Labute approximate surface area is 76.4 Å². The molecule has 0 atom stereocenters. The number of fused-ring (bicyclic) bond motifs is 1. The lowest BCUT2D eigenvalue weighted by Crippen LogP contribution is -2.04. The first-order chi connectivity index (χ1) is 6.47. The number of imidazole rings is 1. The molecule has 2 aromatic rings. The maximum atomic E-state index is 12.2. The van der Waals surface area contributed by atoms with Gasteiger partial charge in [0.1, 0.15) is 11.4 Å². The Balaban J connectivity index is 2.63. The quantitative estimate of drug-likeness (QED) is 0.709. The van der Waals surface area contributed by atoms with E-state index in [0.29, 0.717) is 0 Å². The molecule has 0 aliphatic carbocycles. The van der Waals surface area contributed by atoms with E-state index in [9.17, 15) is 13.2 Å². The summed E-state index contributed by atoms with van der Waals surface area (Å²) in [5.41, 5.74) is -0.902. The molecule has 1 N–H and O–H groups in total. The highest BCUT2D eigenvalue weighted by atomic mass is 19.4. The Morgan fingerprint density at radius 2 is 2.07 bits per heavy atom. The highest BCUT2D eigenvalue weighted by molar-refractivity contribution is 5.45. The summed E-state index contributed by atoms with van der Waals surface area (Å²) in [6.07, 6.45) is -2.27. The average Bonchev–Trinajstić information content (AvgIpc) is 2.45. The van der Waals surface area contributed by atoms with Crippen LogP contribution in [0.4, 0.5) is 13.2 Å². The molecule has 3 nitrogen and oxygen atoms in total. The van der Waals surface area contributed by atoms with Crippen molar-refractivity contribution in [3.05, 3.63) is 30.2 Å². The molecule has 2 aromatic heterocycles. The van der Waals surface area contributed by atoms with Gasteiger partial charge in [0.25, 0.3) is 0 Å². The van der Waals surface area contributed by atoms with Crippen LogP contribution >= 0.6 is 0 Å². The Bertz CT molecular complexity index is 475. The standard InChI is InChI=1S/C8H5F3N2O/c9-8(10,11)6-4-13-2-1-5(14)3-7(13)12-6/h1-4,14H. The van der Waals surface area contributed by atoms with Crippen molar-refractivity contribution in [2.45, 2.75) is 6.18 Å². The molecule has 2 rings (SSSR count). The average molecular weight is 202 g/mol. The van der Waals surface area contributed by atoms with Gasteiger partial charge in [0.2, 0.25) is 0 Å². The second kappa shape index (κ2) is 2.63. The van der Waals surface area contributed by atoms with Crippen LogP contribution in [0.25, 0.3) is 5.65 Å². The van der Waals surface area contributed by atoms with E-state index in [2.05, 4.69) is 4.98 Å². The second-order valence-electron chi connectivity index (χ2n) is 2.77. The van der Waals surface area contributed by atoms with Gasteiger partial charge in [-0.25, -0.2) is 4.98 Å². The van der Waals surface area contributed by atoms with E-state index in [4.69, 9.17) is 5.11 Å².